The van der Waals surface area contributed by atoms with E-state index in [1.165, 1.54) is 0 Å². The number of carbonyl (C=O) groups is 1. The predicted molar refractivity (Wildman–Crippen MR) is 87.7 cm³/mol. The minimum absolute atomic E-state index is 0.0907. The summed E-state index contributed by atoms with van der Waals surface area (Å²) in [5.41, 5.74) is 1.08. The van der Waals surface area contributed by atoms with Crippen LogP contribution in [0.15, 0.2) is 4.52 Å². The molecule has 0 unspecified atom stereocenters. The third kappa shape index (κ3) is 3.96. The normalized spacial score (nSPS) is 25.4. The van der Waals surface area contributed by atoms with Gasteiger partial charge >= 0.3 is 0 Å². The van der Waals surface area contributed by atoms with Crippen LogP contribution in [0.5, 0.6) is 0 Å². The molecule has 134 valence electrons. The number of aromatic nitrogens is 1. The largest absolute Gasteiger partial charge is 0.387 e. The van der Waals surface area contributed by atoms with Crippen LogP contribution in [0, 0.1) is 13.8 Å². The van der Waals surface area contributed by atoms with Crippen LogP contribution >= 0.6 is 0 Å². The van der Waals surface area contributed by atoms with E-state index in [4.69, 9.17) is 9.26 Å². The van der Waals surface area contributed by atoms with Crippen molar-refractivity contribution in [3.05, 3.63) is 17.0 Å². The van der Waals surface area contributed by atoms with Crippen LogP contribution in [0.4, 0.5) is 0 Å². The van der Waals surface area contributed by atoms with Gasteiger partial charge in [-0.05, 0) is 26.7 Å². The van der Waals surface area contributed by atoms with Gasteiger partial charge in [0, 0.05) is 38.2 Å². The molecule has 1 aromatic heterocycles. The number of aliphatic hydroxyl groups is 1. The van der Waals surface area contributed by atoms with Crippen molar-refractivity contribution in [2.75, 3.05) is 45.9 Å². The van der Waals surface area contributed by atoms with Gasteiger partial charge in [0.25, 0.3) is 0 Å². The molecule has 2 aliphatic heterocycles. The SMILES string of the molecule is Cc1noc(C)c1CCC(=O)N1CC[C@](O)(CN2CCOCC2)C1. The van der Waals surface area contributed by atoms with Crippen LogP contribution in [0.1, 0.15) is 29.9 Å². The zero-order valence-electron chi connectivity index (χ0n) is 14.6. The van der Waals surface area contributed by atoms with E-state index in [0.29, 0.717) is 38.9 Å². The second kappa shape index (κ2) is 7.21. The van der Waals surface area contributed by atoms with E-state index in [-0.39, 0.29) is 5.91 Å². The van der Waals surface area contributed by atoms with Crippen LogP contribution in [0.3, 0.4) is 0 Å². The molecular formula is C17H27N3O4. The monoisotopic (exact) mass is 337 g/mol. The second-order valence-electron chi connectivity index (χ2n) is 6.98. The Balaban J connectivity index is 1.50. The maximum absolute atomic E-state index is 12.5. The molecule has 7 heteroatoms. The summed E-state index contributed by atoms with van der Waals surface area (Å²) < 4.78 is 10.5. The zero-order valence-corrected chi connectivity index (χ0v) is 14.6. The summed E-state index contributed by atoms with van der Waals surface area (Å²) >= 11 is 0. The summed E-state index contributed by atoms with van der Waals surface area (Å²) in [6, 6.07) is 0. The highest BCUT2D eigenvalue weighted by atomic mass is 16.5. The fourth-order valence-corrected chi connectivity index (χ4v) is 3.62. The van der Waals surface area contributed by atoms with Crippen molar-refractivity contribution in [3.8, 4) is 0 Å². The number of hydrogen-bond donors (Lipinski definition) is 1. The summed E-state index contributed by atoms with van der Waals surface area (Å²) in [4.78, 5) is 16.5. The third-order valence-electron chi connectivity index (χ3n) is 5.08. The van der Waals surface area contributed by atoms with E-state index in [2.05, 4.69) is 10.1 Å². The lowest BCUT2D eigenvalue weighted by molar-refractivity contribution is -0.131. The lowest BCUT2D eigenvalue weighted by Crippen LogP contribution is -2.49. The van der Waals surface area contributed by atoms with E-state index < -0.39 is 5.60 Å². The molecule has 2 aliphatic rings. The minimum atomic E-state index is -0.796. The third-order valence-corrected chi connectivity index (χ3v) is 5.08. The molecule has 0 spiro atoms. The maximum Gasteiger partial charge on any atom is 0.223 e. The molecule has 0 aliphatic carbocycles. The molecule has 0 saturated carbocycles. The van der Waals surface area contributed by atoms with Gasteiger partial charge in [-0.3, -0.25) is 9.69 Å². The van der Waals surface area contributed by atoms with Gasteiger partial charge in [-0.2, -0.15) is 0 Å². The smallest absolute Gasteiger partial charge is 0.223 e. The van der Waals surface area contributed by atoms with Gasteiger partial charge in [-0.15, -0.1) is 0 Å². The molecule has 0 radical (unpaired) electrons. The number of aryl methyl sites for hydroxylation is 2. The molecule has 2 fully saturated rings. The van der Waals surface area contributed by atoms with E-state index in [1.54, 1.807) is 4.90 Å². The van der Waals surface area contributed by atoms with Crippen LogP contribution in [-0.4, -0.2) is 77.5 Å². The lowest BCUT2D eigenvalue weighted by Gasteiger charge is -2.33. The van der Waals surface area contributed by atoms with Crippen molar-refractivity contribution in [3.63, 3.8) is 0 Å². The molecule has 7 nitrogen and oxygen atoms in total. The van der Waals surface area contributed by atoms with Gasteiger partial charge in [-0.1, -0.05) is 5.16 Å². The fraction of sp³-hybridized carbons (Fsp3) is 0.765. The summed E-state index contributed by atoms with van der Waals surface area (Å²) in [7, 11) is 0. The van der Waals surface area contributed by atoms with Crippen molar-refractivity contribution in [1.82, 2.24) is 15.0 Å². The van der Waals surface area contributed by atoms with E-state index in [9.17, 15) is 9.90 Å². The summed E-state index contributed by atoms with van der Waals surface area (Å²) in [5.74, 6) is 0.874. The Morgan fingerprint density at radius 1 is 1.29 bits per heavy atom. The van der Waals surface area contributed by atoms with Crippen molar-refractivity contribution in [1.29, 1.82) is 0 Å². The lowest BCUT2D eigenvalue weighted by atomic mass is 10.0. The topological polar surface area (TPSA) is 79.0 Å². The standard InChI is InChI=1S/C17H27N3O4/c1-13-15(14(2)24-18-13)3-4-16(21)20-6-5-17(22,12-20)11-19-7-9-23-10-8-19/h22H,3-12H2,1-2H3/t17-/m0/s1. The Morgan fingerprint density at radius 3 is 2.71 bits per heavy atom. The average molecular weight is 337 g/mol. The van der Waals surface area contributed by atoms with Crippen LogP contribution in [0.25, 0.3) is 0 Å². The zero-order chi connectivity index (χ0) is 17.2. The van der Waals surface area contributed by atoms with Crippen molar-refractivity contribution in [2.24, 2.45) is 0 Å². The van der Waals surface area contributed by atoms with Crippen LogP contribution in [-0.2, 0) is 16.0 Å². The van der Waals surface area contributed by atoms with Gasteiger partial charge in [0.15, 0.2) is 0 Å². The van der Waals surface area contributed by atoms with E-state index in [1.807, 2.05) is 13.8 Å². The van der Waals surface area contributed by atoms with Crippen molar-refractivity contribution in [2.45, 2.75) is 38.7 Å². The number of hydrogen-bond acceptors (Lipinski definition) is 6. The first-order valence-electron chi connectivity index (χ1n) is 8.69. The Labute approximate surface area is 142 Å². The number of morpholine rings is 1. The Morgan fingerprint density at radius 2 is 2.04 bits per heavy atom. The Bertz CT molecular complexity index is 563. The molecule has 2 saturated heterocycles. The van der Waals surface area contributed by atoms with Crippen LogP contribution < -0.4 is 0 Å². The summed E-state index contributed by atoms with van der Waals surface area (Å²) in [5, 5.41) is 14.7. The Kier molecular flexibility index (Phi) is 5.22. The van der Waals surface area contributed by atoms with Gasteiger partial charge in [0.05, 0.1) is 31.1 Å². The quantitative estimate of drug-likeness (QED) is 0.844. The first-order valence-corrected chi connectivity index (χ1v) is 8.69. The number of β-amino-alcohol motifs (C(OH)–C–C–N with tert-alkyl or cyclic N) is 1. The Hall–Kier alpha value is -1.44. The molecule has 0 aromatic carbocycles. The fourth-order valence-electron chi connectivity index (χ4n) is 3.62. The number of ether oxygens (including phenoxy) is 1. The van der Waals surface area contributed by atoms with E-state index in [0.717, 1.165) is 43.3 Å². The average Bonchev–Trinajstić information content (AvgIpc) is 3.10. The molecule has 1 atom stereocenters. The van der Waals surface area contributed by atoms with Crippen molar-refractivity contribution >= 4 is 5.91 Å². The molecule has 1 N–H and O–H groups in total. The molecule has 3 heterocycles. The number of likely N-dealkylation sites (tertiary alicyclic amines) is 1. The molecule has 1 amide bonds. The molecule has 0 bridgehead atoms. The second-order valence-corrected chi connectivity index (χ2v) is 6.98. The van der Waals surface area contributed by atoms with Crippen molar-refractivity contribution < 1.29 is 19.2 Å². The minimum Gasteiger partial charge on any atom is -0.387 e. The first-order chi connectivity index (χ1) is 11.5. The number of nitrogens with zero attached hydrogens (tertiary/aromatic N) is 3. The van der Waals surface area contributed by atoms with Gasteiger partial charge in [0.2, 0.25) is 5.91 Å². The van der Waals surface area contributed by atoms with Gasteiger partial charge in [-0.25, -0.2) is 0 Å². The molecular weight excluding hydrogens is 310 g/mol. The predicted octanol–water partition coefficient (Wildman–Crippen LogP) is 0.520. The highest BCUT2D eigenvalue weighted by Gasteiger charge is 2.39. The van der Waals surface area contributed by atoms with E-state index >= 15 is 0 Å². The highest BCUT2D eigenvalue weighted by molar-refractivity contribution is 5.77. The highest BCUT2D eigenvalue weighted by Crippen LogP contribution is 2.24. The molecule has 3 rings (SSSR count). The van der Waals surface area contributed by atoms with Gasteiger partial charge < -0.3 is 19.3 Å². The maximum atomic E-state index is 12.5. The summed E-state index contributed by atoms with van der Waals surface area (Å²) in [6.07, 6.45) is 1.70. The first kappa shape index (κ1) is 17.4. The van der Waals surface area contributed by atoms with Gasteiger partial charge in [0.1, 0.15) is 5.76 Å². The number of carbonyl (C=O) groups excluding carboxylic acids is 1. The molecule has 24 heavy (non-hydrogen) atoms. The summed E-state index contributed by atoms with van der Waals surface area (Å²) in [6.45, 7) is 8.57. The molecule has 1 aromatic rings. The number of rotatable bonds is 5. The number of amides is 1. The van der Waals surface area contributed by atoms with Crippen LogP contribution in [0.2, 0.25) is 0 Å².